The molecule has 0 nitrogen and oxygen atoms in total. The van der Waals surface area contributed by atoms with Crippen LogP contribution in [-0.2, 0) is 32.7 Å². The van der Waals surface area contributed by atoms with Crippen molar-refractivity contribution in [3.63, 3.8) is 0 Å². The van der Waals surface area contributed by atoms with Crippen molar-refractivity contribution in [3.8, 4) is 0 Å². The monoisotopic (exact) mass is 314 g/mol. The zero-order chi connectivity index (χ0) is 13.2. The molecule has 2 unspecified atom stereocenters. The van der Waals surface area contributed by atoms with Crippen LogP contribution in [0.5, 0.6) is 0 Å². The van der Waals surface area contributed by atoms with Crippen LogP contribution in [0, 0.1) is 29.1 Å². The van der Waals surface area contributed by atoms with Crippen LogP contribution >= 0.6 is 0 Å². The Labute approximate surface area is 136 Å². The minimum atomic E-state index is 0. The number of rotatable bonds is 5. The zero-order valence-electron chi connectivity index (χ0n) is 13.5. The SMILES string of the molecule is [CH2-]C(C)(CC(C)(C)C)CC(C)(CC)C(C)C.[Y]. The Morgan fingerprint density at radius 3 is 1.59 bits per heavy atom. The molecule has 1 heteroatoms. The summed E-state index contributed by atoms with van der Waals surface area (Å²) < 4.78 is 0. The Bertz CT molecular complexity index is 210. The van der Waals surface area contributed by atoms with Crippen molar-refractivity contribution in [3.05, 3.63) is 6.92 Å². The van der Waals surface area contributed by atoms with E-state index in [-0.39, 0.29) is 38.1 Å². The van der Waals surface area contributed by atoms with Crippen LogP contribution in [0.1, 0.15) is 74.7 Å². The van der Waals surface area contributed by atoms with Crippen LogP contribution < -0.4 is 0 Å². The van der Waals surface area contributed by atoms with Crippen molar-refractivity contribution in [1.29, 1.82) is 0 Å². The molecule has 0 spiro atoms. The second kappa shape index (κ2) is 7.04. The smallest absolute Gasteiger partial charge is 0 e. The second-order valence-corrected chi connectivity index (χ2v) is 7.89. The van der Waals surface area contributed by atoms with E-state index >= 15 is 0 Å². The average molecular weight is 314 g/mol. The van der Waals surface area contributed by atoms with Gasteiger partial charge in [0.2, 0.25) is 0 Å². The average Bonchev–Trinajstić information content (AvgIpc) is 1.97. The van der Waals surface area contributed by atoms with Crippen LogP contribution in [0.15, 0.2) is 0 Å². The van der Waals surface area contributed by atoms with Gasteiger partial charge in [0.1, 0.15) is 0 Å². The van der Waals surface area contributed by atoms with Gasteiger partial charge in [-0.25, -0.2) is 0 Å². The van der Waals surface area contributed by atoms with E-state index in [0.29, 0.717) is 10.8 Å². The molecule has 0 aromatic heterocycles. The Balaban J connectivity index is 0. The fourth-order valence-corrected chi connectivity index (χ4v) is 3.06. The van der Waals surface area contributed by atoms with Gasteiger partial charge in [0.15, 0.2) is 0 Å². The molecule has 101 valence electrons. The summed E-state index contributed by atoms with van der Waals surface area (Å²) in [7, 11) is 0. The molecule has 0 rings (SSSR count). The standard InChI is InChI=1S/C16H33.Y/c1-10-16(9,13(2)3)12-15(7,8)11-14(4,5)6;/h13H,7,10-12H2,1-6,8-9H3;/q-1;. The molecule has 0 aromatic rings. The van der Waals surface area contributed by atoms with Crippen molar-refractivity contribution in [2.45, 2.75) is 74.7 Å². The van der Waals surface area contributed by atoms with Crippen LogP contribution in [0.3, 0.4) is 0 Å². The minimum Gasteiger partial charge on any atom is -0.337 e. The minimum absolute atomic E-state index is 0. The Morgan fingerprint density at radius 2 is 1.35 bits per heavy atom. The first-order chi connectivity index (χ1) is 6.92. The molecule has 0 aliphatic rings. The molecule has 0 heterocycles. The Kier molecular flexibility index (Phi) is 8.46. The molecular formula is C16H33Y-. The molecule has 0 saturated carbocycles. The molecule has 0 aliphatic heterocycles. The van der Waals surface area contributed by atoms with Crippen LogP contribution in [-0.4, -0.2) is 0 Å². The first kappa shape index (κ1) is 20.4. The molecule has 17 heavy (non-hydrogen) atoms. The molecule has 0 aromatic carbocycles. The first-order valence-electron chi connectivity index (χ1n) is 6.77. The maximum absolute atomic E-state index is 4.47. The Morgan fingerprint density at radius 1 is 0.941 bits per heavy atom. The van der Waals surface area contributed by atoms with E-state index in [4.69, 9.17) is 0 Å². The van der Waals surface area contributed by atoms with E-state index in [1.807, 2.05) is 0 Å². The second-order valence-electron chi connectivity index (χ2n) is 7.89. The Hall–Kier alpha value is 1.10. The van der Waals surface area contributed by atoms with Gasteiger partial charge in [-0.1, -0.05) is 74.7 Å². The molecule has 1 radical (unpaired) electrons. The summed E-state index contributed by atoms with van der Waals surface area (Å²) >= 11 is 0. The fourth-order valence-electron chi connectivity index (χ4n) is 3.06. The maximum atomic E-state index is 4.47. The maximum Gasteiger partial charge on any atom is 0 e. The third kappa shape index (κ3) is 7.99. The summed E-state index contributed by atoms with van der Waals surface area (Å²) in [5.41, 5.74) is 1.01. The molecule has 0 saturated heterocycles. The molecule has 0 N–H and O–H groups in total. The van der Waals surface area contributed by atoms with Gasteiger partial charge < -0.3 is 6.92 Å². The third-order valence-corrected chi connectivity index (χ3v) is 3.99. The summed E-state index contributed by atoms with van der Waals surface area (Å²) in [4.78, 5) is 0. The molecule has 2 atom stereocenters. The van der Waals surface area contributed by atoms with Gasteiger partial charge in [0.05, 0.1) is 0 Å². The van der Waals surface area contributed by atoms with Gasteiger partial charge >= 0.3 is 0 Å². The number of hydrogen-bond donors (Lipinski definition) is 0. The van der Waals surface area contributed by atoms with E-state index in [1.165, 1.54) is 19.3 Å². The van der Waals surface area contributed by atoms with Gasteiger partial charge in [0.25, 0.3) is 0 Å². The summed E-state index contributed by atoms with van der Waals surface area (Å²) in [6.45, 7) is 23.2. The predicted octanol–water partition coefficient (Wildman–Crippen LogP) is 5.72. The summed E-state index contributed by atoms with van der Waals surface area (Å²) in [5, 5.41) is 0. The van der Waals surface area contributed by atoms with E-state index < -0.39 is 0 Å². The molecule has 0 amide bonds. The molecular weight excluding hydrogens is 281 g/mol. The van der Waals surface area contributed by atoms with Gasteiger partial charge in [-0.3, -0.25) is 0 Å². The van der Waals surface area contributed by atoms with Crippen LogP contribution in [0.4, 0.5) is 0 Å². The quantitative estimate of drug-likeness (QED) is 0.569. The van der Waals surface area contributed by atoms with Crippen molar-refractivity contribution in [1.82, 2.24) is 0 Å². The van der Waals surface area contributed by atoms with Crippen molar-refractivity contribution in [2.24, 2.45) is 22.2 Å². The van der Waals surface area contributed by atoms with Gasteiger partial charge in [-0.2, -0.15) is 5.41 Å². The number of hydrogen-bond acceptors (Lipinski definition) is 0. The van der Waals surface area contributed by atoms with Gasteiger partial charge in [-0.05, 0) is 16.7 Å². The normalized spacial score (nSPS) is 19.4. The predicted molar refractivity (Wildman–Crippen MR) is 75.4 cm³/mol. The van der Waals surface area contributed by atoms with Crippen LogP contribution in [0.25, 0.3) is 0 Å². The van der Waals surface area contributed by atoms with E-state index in [2.05, 4.69) is 62.3 Å². The summed E-state index contributed by atoms with van der Waals surface area (Å²) in [6, 6.07) is 0. The largest absolute Gasteiger partial charge is 0.337 e. The van der Waals surface area contributed by atoms with Gasteiger partial charge in [0, 0.05) is 32.7 Å². The van der Waals surface area contributed by atoms with E-state index in [0.717, 1.165) is 5.92 Å². The zero-order valence-corrected chi connectivity index (χ0v) is 16.3. The van der Waals surface area contributed by atoms with E-state index in [9.17, 15) is 0 Å². The fraction of sp³-hybridized carbons (Fsp3) is 0.938. The molecule has 0 aliphatic carbocycles. The van der Waals surface area contributed by atoms with Crippen molar-refractivity contribution >= 4 is 0 Å². The first-order valence-corrected chi connectivity index (χ1v) is 6.77. The topological polar surface area (TPSA) is 0 Å². The summed E-state index contributed by atoms with van der Waals surface area (Å²) in [5.74, 6) is 0.735. The molecule has 0 bridgehead atoms. The van der Waals surface area contributed by atoms with Crippen LogP contribution in [0.2, 0.25) is 0 Å². The van der Waals surface area contributed by atoms with Crippen molar-refractivity contribution in [2.75, 3.05) is 0 Å². The molecule has 0 fully saturated rings. The van der Waals surface area contributed by atoms with E-state index in [1.54, 1.807) is 0 Å². The summed E-state index contributed by atoms with van der Waals surface area (Å²) in [6.07, 6.45) is 3.67. The van der Waals surface area contributed by atoms with Crippen molar-refractivity contribution < 1.29 is 32.7 Å². The van der Waals surface area contributed by atoms with Gasteiger partial charge in [-0.15, -0.1) is 0 Å². The third-order valence-electron chi connectivity index (χ3n) is 3.99.